The van der Waals surface area contributed by atoms with Crippen LogP contribution in [0.5, 0.6) is 11.5 Å². The highest BCUT2D eigenvalue weighted by Crippen LogP contribution is 2.34. The number of hydrogen-bond donors (Lipinski definition) is 1. The number of piperazine rings is 1. The van der Waals surface area contributed by atoms with Crippen molar-refractivity contribution >= 4 is 17.4 Å². The molecule has 3 aromatic rings. The van der Waals surface area contributed by atoms with E-state index in [1.54, 1.807) is 6.07 Å². The lowest BCUT2D eigenvalue weighted by atomic mass is 10.2. The molecule has 160 valence electrons. The van der Waals surface area contributed by atoms with Gasteiger partial charge in [-0.05, 0) is 38.1 Å². The Bertz CT molecular complexity index is 1100. The number of aryl methyl sites for hydroxylation is 1. The van der Waals surface area contributed by atoms with Gasteiger partial charge in [-0.1, -0.05) is 18.2 Å². The maximum absolute atomic E-state index is 12.7. The Hall–Kier alpha value is -3.68. The molecule has 5 rings (SSSR count). The van der Waals surface area contributed by atoms with Crippen LogP contribution in [0.4, 0.5) is 16.2 Å². The number of para-hydroxylation sites is 1. The number of aromatic nitrogens is 2. The summed E-state index contributed by atoms with van der Waals surface area (Å²) in [5, 5.41) is 7.71. The van der Waals surface area contributed by atoms with E-state index in [4.69, 9.17) is 14.6 Å². The van der Waals surface area contributed by atoms with Crippen LogP contribution in [0.1, 0.15) is 11.4 Å². The van der Waals surface area contributed by atoms with Crippen molar-refractivity contribution in [3.05, 3.63) is 59.9 Å². The molecule has 1 aromatic heterocycles. The normalized spacial score (nSPS) is 15.3. The zero-order valence-corrected chi connectivity index (χ0v) is 17.7. The summed E-state index contributed by atoms with van der Waals surface area (Å²) >= 11 is 0. The van der Waals surface area contributed by atoms with Crippen LogP contribution < -0.4 is 19.7 Å². The molecular formula is C23H25N5O3. The van der Waals surface area contributed by atoms with Crippen LogP contribution in [-0.2, 0) is 0 Å². The third kappa shape index (κ3) is 3.65. The fraction of sp³-hybridized carbons (Fsp3) is 0.304. The number of rotatable bonds is 3. The molecule has 2 aliphatic heterocycles. The smallest absolute Gasteiger partial charge is 0.321 e. The molecule has 0 aliphatic carbocycles. The van der Waals surface area contributed by atoms with Crippen molar-refractivity contribution in [1.82, 2.24) is 14.7 Å². The van der Waals surface area contributed by atoms with E-state index in [0.29, 0.717) is 30.3 Å². The van der Waals surface area contributed by atoms with E-state index in [-0.39, 0.29) is 12.8 Å². The number of amides is 2. The van der Waals surface area contributed by atoms with Gasteiger partial charge in [0.1, 0.15) is 0 Å². The van der Waals surface area contributed by atoms with Crippen molar-refractivity contribution < 1.29 is 14.3 Å². The predicted octanol–water partition coefficient (Wildman–Crippen LogP) is 3.57. The van der Waals surface area contributed by atoms with Gasteiger partial charge in [0, 0.05) is 37.9 Å². The Balaban J connectivity index is 1.24. The molecule has 31 heavy (non-hydrogen) atoms. The van der Waals surface area contributed by atoms with Gasteiger partial charge < -0.3 is 24.6 Å². The van der Waals surface area contributed by atoms with Crippen molar-refractivity contribution in [3.63, 3.8) is 0 Å². The molecule has 0 unspecified atom stereocenters. The summed E-state index contributed by atoms with van der Waals surface area (Å²) < 4.78 is 12.7. The molecule has 0 spiro atoms. The Morgan fingerprint density at radius 1 is 0.968 bits per heavy atom. The number of carbonyl (C=O) groups excluding carboxylic acids is 1. The fourth-order valence-corrected chi connectivity index (χ4v) is 4.22. The number of urea groups is 1. The lowest BCUT2D eigenvalue weighted by molar-refractivity contribution is 0.174. The van der Waals surface area contributed by atoms with Crippen LogP contribution in [-0.4, -0.2) is 53.7 Å². The fourth-order valence-electron chi connectivity index (χ4n) is 4.22. The standard InChI is InChI=1S/C23H25N5O3/c1-16-22(17(2)28(25-16)19-6-4-3-5-7-19)26-10-12-27(13-11-26)23(29)24-18-8-9-20-21(14-18)31-15-30-20/h3-9,14H,10-13,15H2,1-2H3,(H,24,29). The van der Waals surface area contributed by atoms with Crippen molar-refractivity contribution in [1.29, 1.82) is 0 Å². The number of ether oxygens (including phenoxy) is 2. The van der Waals surface area contributed by atoms with Crippen LogP contribution in [0.25, 0.3) is 5.69 Å². The minimum absolute atomic E-state index is 0.105. The maximum atomic E-state index is 12.7. The zero-order chi connectivity index (χ0) is 21.4. The lowest BCUT2D eigenvalue weighted by Crippen LogP contribution is -2.50. The SMILES string of the molecule is Cc1nn(-c2ccccc2)c(C)c1N1CCN(C(=O)Nc2ccc3c(c2)OCO3)CC1. The molecule has 1 saturated heterocycles. The van der Waals surface area contributed by atoms with Gasteiger partial charge in [-0.3, -0.25) is 0 Å². The third-order valence-corrected chi connectivity index (χ3v) is 5.76. The molecule has 0 radical (unpaired) electrons. The van der Waals surface area contributed by atoms with E-state index in [2.05, 4.69) is 29.3 Å². The van der Waals surface area contributed by atoms with Crippen LogP contribution in [0.15, 0.2) is 48.5 Å². The largest absolute Gasteiger partial charge is 0.454 e. The molecular weight excluding hydrogens is 394 g/mol. The van der Waals surface area contributed by atoms with E-state index in [1.165, 1.54) is 0 Å². The summed E-state index contributed by atoms with van der Waals surface area (Å²) in [5.74, 6) is 1.36. The van der Waals surface area contributed by atoms with E-state index in [1.807, 2.05) is 46.8 Å². The van der Waals surface area contributed by atoms with Gasteiger partial charge in [0.05, 0.1) is 22.8 Å². The second-order valence-electron chi connectivity index (χ2n) is 7.74. The summed E-state index contributed by atoms with van der Waals surface area (Å²) in [4.78, 5) is 16.9. The second-order valence-corrected chi connectivity index (χ2v) is 7.74. The molecule has 2 aromatic carbocycles. The van der Waals surface area contributed by atoms with Gasteiger partial charge in [0.15, 0.2) is 11.5 Å². The Morgan fingerprint density at radius 3 is 2.48 bits per heavy atom. The summed E-state index contributed by atoms with van der Waals surface area (Å²) in [7, 11) is 0. The average molecular weight is 419 g/mol. The molecule has 8 nitrogen and oxygen atoms in total. The minimum Gasteiger partial charge on any atom is -0.454 e. The zero-order valence-electron chi connectivity index (χ0n) is 17.7. The lowest BCUT2D eigenvalue weighted by Gasteiger charge is -2.36. The summed E-state index contributed by atoms with van der Waals surface area (Å²) in [6, 6.07) is 15.5. The highest BCUT2D eigenvalue weighted by atomic mass is 16.7. The van der Waals surface area contributed by atoms with Gasteiger partial charge in [-0.15, -0.1) is 0 Å². The highest BCUT2D eigenvalue weighted by Gasteiger charge is 2.26. The first kappa shape index (κ1) is 19.3. The van der Waals surface area contributed by atoms with Crippen molar-refractivity contribution in [2.24, 2.45) is 0 Å². The van der Waals surface area contributed by atoms with Crippen LogP contribution in [0, 0.1) is 13.8 Å². The van der Waals surface area contributed by atoms with Gasteiger partial charge in [0.2, 0.25) is 6.79 Å². The van der Waals surface area contributed by atoms with E-state index in [9.17, 15) is 4.79 Å². The molecule has 0 saturated carbocycles. The quantitative estimate of drug-likeness (QED) is 0.703. The molecule has 2 amide bonds. The van der Waals surface area contributed by atoms with E-state index < -0.39 is 0 Å². The number of fused-ring (bicyclic) bond motifs is 1. The first-order chi connectivity index (χ1) is 15.1. The van der Waals surface area contributed by atoms with Gasteiger partial charge in [-0.2, -0.15) is 5.10 Å². The first-order valence-corrected chi connectivity index (χ1v) is 10.4. The van der Waals surface area contributed by atoms with Crippen molar-refractivity contribution in [2.45, 2.75) is 13.8 Å². The Kier molecular flexibility index (Phi) is 4.89. The topological polar surface area (TPSA) is 71.9 Å². The molecule has 0 bridgehead atoms. The number of hydrogen-bond acceptors (Lipinski definition) is 5. The average Bonchev–Trinajstić information content (AvgIpc) is 3.38. The number of carbonyl (C=O) groups is 1. The number of nitrogens with one attached hydrogen (secondary N) is 1. The second kappa shape index (κ2) is 7.86. The number of benzene rings is 2. The molecule has 1 fully saturated rings. The first-order valence-electron chi connectivity index (χ1n) is 10.4. The Morgan fingerprint density at radius 2 is 1.71 bits per heavy atom. The molecule has 3 heterocycles. The third-order valence-electron chi connectivity index (χ3n) is 5.76. The van der Waals surface area contributed by atoms with E-state index >= 15 is 0 Å². The monoisotopic (exact) mass is 419 g/mol. The summed E-state index contributed by atoms with van der Waals surface area (Å²) in [5.41, 5.74) is 5.02. The van der Waals surface area contributed by atoms with Crippen LogP contribution in [0.3, 0.4) is 0 Å². The van der Waals surface area contributed by atoms with Crippen LogP contribution in [0.2, 0.25) is 0 Å². The highest BCUT2D eigenvalue weighted by molar-refractivity contribution is 5.90. The molecule has 1 N–H and O–H groups in total. The van der Waals surface area contributed by atoms with Gasteiger partial charge >= 0.3 is 6.03 Å². The van der Waals surface area contributed by atoms with Crippen LogP contribution >= 0.6 is 0 Å². The molecule has 8 heteroatoms. The summed E-state index contributed by atoms with van der Waals surface area (Å²) in [6.45, 7) is 7.17. The minimum atomic E-state index is -0.105. The van der Waals surface area contributed by atoms with Crippen molar-refractivity contribution in [3.8, 4) is 17.2 Å². The molecule has 0 atom stereocenters. The Labute approximate surface area is 181 Å². The molecule has 2 aliphatic rings. The number of anilines is 2. The number of nitrogens with zero attached hydrogens (tertiary/aromatic N) is 4. The van der Waals surface area contributed by atoms with Gasteiger partial charge in [-0.25, -0.2) is 9.48 Å². The van der Waals surface area contributed by atoms with Gasteiger partial charge in [0.25, 0.3) is 0 Å². The van der Waals surface area contributed by atoms with E-state index in [0.717, 1.165) is 35.9 Å². The maximum Gasteiger partial charge on any atom is 0.321 e. The summed E-state index contributed by atoms with van der Waals surface area (Å²) in [6.07, 6.45) is 0. The predicted molar refractivity (Wildman–Crippen MR) is 118 cm³/mol. The van der Waals surface area contributed by atoms with Crippen molar-refractivity contribution in [2.75, 3.05) is 43.2 Å².